The number of nitrogens with one attached hydrogen (secondary N) is 1. The van der Waals surface area contributed by atoms with E-state index >= 15 is 0 Å². The molecule has 10 heteroatoms. The molecule has 3 aromatic carbocycles. The molecule has 0 spiro atoms. The Hall–Kier alpha value is -3.43. The van der Waals surface area contributed by atoms with Crippen LogP contribution in [0.1, 0.15) is 50.2 Å². The molecule has 3 aromatic rings. The Morgan fingerprint density at radius 1 is 1.00 bits per heavy atom. The average molecular weight is 600 g/mol. The van der Waals surface area contributed by atoms with Crippen LogP contribution in [0.5, 0.6) is 0 Å². The molecule has 1 N–H and O–H groups in total. The molecule has 1 saturated carbocycles. The number of hydrogen-bond acceptors (Lipinski definition) is 4. The lowest BCUT2D eigenvalue weighted by atomic mass is 10.1. The fourth-order valence-corrected chi connectivity index (χ4v) is 6.77. The maximum atomic E-state index is 14.1. The standard InChI is InChI=1S/C31H35ClFN3O4S/c1-3-28(31(38)34-26-9-5-6-10-26)35(20-23-12-16-25(33)17-13-23)30(37)21-36(29-11-7-4-8-22(29)2)41(39,40)27-18-14-24(32)15-19-27/h4,7-8,11-19,26,28H,3,5-6,9-10,20-21H2,1-2H3,(H,34,38)/t28-/m0/s1. The summed E-state index contributed by atoms with van der Waals surface area (Å²) in [5.74, 6) is -1.25. The molecule has 0 bridgehead atoms. The SMILES string of the molecule is CC[C@@H](C(=O)NC1CCCC1)N(Cc1ccc(F)cc1)C(=O)CN(c1ccccc1C)S(=O)(=O)c1ccc(Cl)cc1. The van der Waals surface area contributed by atoms with Crippen LogP contribution in [0, 0.1) is 12.7 Å². The van der Waals surface area contributed by atoms with Gasteiger partial charge in [-0.2, -0.15) is 0 Å². The van der Waals surface area contributed by atoms with Crippen LogP contribution in [0.15, 0.2) is 77.7 Å². The van der Waals surface area contributed by atoms with Crippen molar-refractivity contribution in [1.82, 2.24) is 10.2 Å². The van der Waals surface area contributed by atoms with Gasteiger partial charge in [-0.3, -0.25) is 13.9 Å². The summed E-state index contributed by atoms with van der Waals surface area (Å²) in [5, 5.41) is 3.46. The lowest BCUT2D eigenvalue weighted by Gasteiger charge is -2.34. The van der Waals surface area contributed by atoms with E-state index in [1.54, 1.807) is 43.3 Å². The molecule has 0 aromatic heterocycles. The largest absolute Gasteiger partial charge is 0.352 e. The zero-order valence-electron chi connectivity index (χ0n) is 23.2. The average Bonchev–Trinajstić information content (AvgIpc) is 3.46. The monoisotopic (exact) mass is 599 g/mol. The predicted octanol–water partition coefficient (Wildman–Crippen LogP) is 5.85. The Labute approximate surface area is 246 Å². The molecule has 1 aliphatic carbocycles. The number of para-hydroxylation sites is 1. The van der Waals surface area contributed by atoms with Crippen molar-refractivity contribution in [3.63, 3.8) is 0 Å². The molecule has 41 heavy (non-hydrogen) atoms. The molecule has 1 fully saturated rings. The van der Waals surface area contributed by atoms with E-state index in [1.165, 1.54) is 41.3 Å². The Morgan fingerprint density at radius 3 is 2.24 bits per heavy atom. The molecule has 2 amide bonds. The molecule has 0 radical (unpaired) electrons. The van der Waals surface area contributed by atoms with E-state index in [-0.39, 0.29) is 23.4 Å². The van der Waals surface area contributed by atoms with Crippen molar-refractivity contribution in [2.24, 2.45) is 0 Å². The van der Waals surface area contributed by atoms with Crippen LogP contribution in [-0.2, 0) is 26.2 Å². The van der Waals surface area contributed by atoms with E-state index in [9.17, 15) is 22.4 Å². The van der Waals surface area contributed by atoms with Gasteiger partial charge in [-0.25, -0.2) is 12.8 Å². The topological polar surface area (TPSA) is 86.8 Å². The quantitative estimate of drug-likeness (QED) is 0.300. The Kier molecular flexibility index (Phi) is 10.0. The van der Waals surface area contributed by atoms with E-state index in [0.717, 1.165) is 30.0 Å². The summed E-state index contributed by atoms with van der Waals surface area (Å²) in [7, 11) is -4.19. The van der Waals surface area contributed by atoms with Gasteiger partial charge in [0.15, 0.2) is 0 Å². The third kappa shape index (κ3) is 7.45. The summed E-state index contributed by atoms with van der Waals surface area (Å²) in [6.07, 6.45) is 4.16. The lowest BCUT2D eigenvalue weighted by molar-refractivity contribution is -0.140. The number of nitrogens with zero attached hydrogens (tertiary/aromatic N) is 2. The first kappa shape index (κ1) is 30.5. The van der Waals surface area contributed by atoms with Gasteiger partial charge < -0.3 is 10.2 Å². The normalized spacial score (nSPS) is 14.4. The smallest absolute Gasteiger partial charge is 0.264 e. The molecule has 0 heterocycles. The summed E-state index contributed by atoms with van der Waals surface area (Å²) in [4.78, 5) is 29.0. The maximum absolute atomic E-state index is 14.1. The second-order valence-electron chi connectivity index (χ2n) is 10.3. The molecule has 4 rings (SSSR count). The first-order chi connectivity index (χ1) is 19.6. The maximum Gasteiger partial charge on any atom is 0.264 e. The van der Waals surface area contributed by atoms with Crippen LogP contribution >= 0.6 is 11.6 Å². The van der Waals surface area contributed by atoms with Crippen LogP contribution in [0.3, 0.4) is 0 Å². The van der Waals surface area contributed by atoms with Crippen LogP contribution in [-0.4, -0.2) is 43.8 Å². The van der Waals surface area contributed by atoms with Crippen molar-refractivity contribution in [3.8, 4) is 0 Å². The number of benzene rings is 3. The van der Waals surface area contributed by atoms with Crippen LogP contribution < -0.4 is 9.62 Å². The highest BCUT2D eigenvalue weighted by Crippen LogP contribution is 2.28. The number of anilines is 1. The second-order valence-corrected chi connectivity index (χ2v) is 12.6. The number of halogens is 2. The third-order valence-electron chi connectivity index (χ3n) is 7.42. The van der Waals surface area contributed by atoms with Crippen molar-refractivity contribution in [3.05, 3.63) is 94.8 Å². The molecular formula is C31H35ClFN3O4S. The van der Waals surface area contributed by atoms with E-state index < -0.39 is 34.3 Å². The van der Waals surface area contributed by atoms with Crippen molar-refractivity contribution < 1.29 is 22.4 Å². The van der Waals surface area contributed by atoms with Gasteiger partial charge in [-0.15, -0.1) is 0 Å². The van der Waals surface area contributed by atoms with Gasteiger partial charge in [0.1, 0.15) is 18.4 Å². The minimum Gasteiger partial charge on any atom is -0.352 e. The Morgan fingerprint density at radius 2 is 1.63 bits per heavy atom. The molecule has 1 atom stereocenters. The lowest BCUT2D eigenvalue weighted by Crippen LogP contribution is -2.53. The van der Waals surface area contributed by atoms with Gasteiger partial charge in [0, 0.05) is 17.6 Å². The van der Waals surface area contributed by atoms with Gasteiger partial charge >= 0.3 is 0 Å². The molecule has 218 valence electrons. The summed E-state index contributed by atoms with van der Waals surface area (Å²) in [6.45, 7) is 3.06. The number of hydrogen-bond donors (Lipinski definition) is 1. The van der Waals surface area contributed by atoms with E-state index in [0.29, 0.717) is 28.3 Å². The third-order valence-corrected chi connectivity index (χ3v) is 9.44. The van der Waals surface area contributed by atoms with Gasteiger partial charge in [0.2, 0.25) is 11.8 Å². The van der Waals surface area contributed by atoms with Crippen LogP contribution in [0.25, 0.3) is 0 Å². The molecule has 0 saturated heterocycles. The molecular weight excluding hydrogens is 565 g/mol. The first-order valence-corrected chi connectivity index (χ1v) is 15.6. The highest BCUT2D eigenvalue weighted by molar-refractivity contribution is 7.92. The van der Waals surface area contributed by atoms with E-state index in [1.807, 2.05) is 6.92 Å². The van der Waals surface area contributed by atoms with Crippen molar-refractivity contribution in [2.45, 2.75) is 69.5 Å². The summed E-state index contributed by atoms with van der Waals surface area (Å²) < 4.78 is 42.6. The number of amides is 2. The summed E-state index contributed by atoms with van der Waals surface area (Å²) in [6, 6.07) is 17.6. The molecule has 0 aliphatic heterocycles. The van der Waals surface area contributed by atoms with Crippen LogP contribution in [0.2, 0.25) is 5.02 Å². The number of sulfonamides is 1. The molecule has 1 aliphatic rings. The van der Waals surface area contributed by atoms with Gasteiger partial charge in [0.05, 0.1) is 10.6 Å². The molecule has 0 unspecified atom stereocenters. The van der Waals surface area contributed by atoms with Crippen molar-refractivity contribution in [1.29, 1.82) is 0 Å². The number of rotatable bonds is 11. The van der Waals surface area contributed by atoms with Gasteiger partial charge in [0.25, 0.3) is 10.0 Å². The van der Waals surface area contributed by atoms with Crippen molar-refractivity contribution in [2.75, 3.05) is 10.8 Å². The number of aryl methyl sites for hydroxylation is 1. The second kappa shape index (κ2) is 13.5. The minimum absolute atomic E-state index is 0.0122. The number of carbonyl (C=O) groups excluding carboxylic acids is 2. The molecule has 7 nitrogen and oxygen atoms in total. The minimum atomic E-state index is -4.19. The van der Waals surface area contributed by atoms with Gasteiger partial charge in [-0.05, 0) is 79.8 Å². The van der Waals surface area contributed by atoms with Gasteiger partial charge in [-0.1, -0.05) is 61.7 Å². The number of carbonyl (C=O) groups is 2. The zero-order valence-corrected chi connectivity index (χ0v) is 24.8. The first-order valence-electron chi connectivity index (χ1n) is 13.8. The van der Waals surface area contributed by atoms with E-state index in [2.05, 4.69) is 5.32 Å². The predicted molar refractivity (Wildman–Crippen MR) is 159 cm³/mol. The zero-order chi connectivity index (χ0) is 29.6. The fraction of sp³-hybridized carbons (Fsp3) is 0.355. The van der Waals surface area contributed by atoms with Crippen LogP contribution in [0.4, 0.5) is 10.1 Å². The highest BCUT2D eigenvalue weighted by atomic mass is 35.5. The van der Waals surface area contributed by atoms with Crippen molar-refractivity contribution >= 4 is 39.1 Å². The highest BCUT2D eigenvalue weighted by Gasteiger charge is 2.35. The summed E-state index contributed by atoms with van der Waals surface area (Å²) >= 11 is 6.01. The summed E-state index contributed by atoms with van der Waals surface area (Å²) in [5.41, 5.74) is 1.63. The Bertz CT molecular complexity index is 1460. The Balaban J connectivity index is 1.72. The fourth-order valence-electron chi connectivity index (χ4n) is 5.16. The van der Waals surface area contributed by atoms with E-state index in [4.69, 9.17) is 11.6 Å².